The van der Waals surface area contributed by atoms with Gasteiger partial charge in [0.1, 0.15) is 5.75 Å². The third-order valence-electron chi connectivity index (χ3n) is 5.86. The summed E-state index contributed by atoms with van der Waals surface area (Å²) >= 11 is 0. The quantitative estimate of drug-likeness (QED) is 0.848. The molecule has 0 atom stereocenters. The molecule has 0 bridgehead atoms. The van der Waals surface area contributed by atoms with Crippen molar-refractivity contribution < 1.29 is 14.3 Å². The summed E-state index contributed by atoms with van der Waals surface area (Å²) in [6.45, 7) is 2.80. The number of carbonyl (C=O) groups is 2. The van der Waals surface area contributed by atoms with Gasteiger partial charge in [-0.25, -0.2) is 4.79 Å². The van der Waals surface area contributed by atoms with Crippen molar-refractivity contribution >= 4 is 12.0 Å². The molecular formula is C23H27N3O3. The average Bonchev–Trinajstić information content (AvgIpc) is 2.72. The van der Waals surface area contributed by atoms with Crippen LogP contribution in [0.5, 0.6) is 5.75 Å². The van der Waals surface area contributed by atoms with Crippen LogP contribution in [0, 0.1) is 0 Å². The van der Waals surface area contributed by atoms with Gasteiger partial charge in [0.05, 0.1) is 12.1 Å². The number of nitrogens with zero attached hydrogens (tertiary/aromatic N) is 2. The van der Waals surface area contributed by atoms with E-state index < -0.39 is 0 Å². The maximum absolute atomic E-state index is 12.7. The number of amides is 2. The summed E-state index contributed by atoms with van der Waals surface area (Å²) in [6, 6.07) is 19.3. The van der Waals surface area contributed by atoms with E-state index in [1.807, 2.05) is 36.4 Å². The SMILES string of the molecule is O=C(CN1CCN(C(=O)Oc2ccccc2)CC1)NC1(c2ccccc2)CCC1. The minimum absolute atomic E-state index is 0.0499. The largest absolute Gasteiger partial charge is 0.415 e. The summed E-state index contributed by atoms with van der Waals surface area (Å²) in [7, 11) is 0. The monoisotopic (exact) mass is 393 g/mol. The zero-order valence-corrected chi connectivity index (χ0v) is 16.5. The Bertz CT molecular complexity index is 829. The van der Waals surface area contributed by atoms with Crippen LogP contribution in [-0.2, 0) is 10.3 Å². The number of carbonyl (C=O) groups excluding carboxylic acids is 2. The molecule has 0 aromatic heterocycles. The van der Waals surface area contributed by atoms with Crippen molar-refractivity contribution in [1.29, 1.82) is 0 Å². The van der Waals surface area contributed by atoms with Crippen LogP contribution in [0.2, 0.25) is 0 Å². The van der Waals surface area contributed by atoms with Crippen LogP contribution in [0.15, 0.2) is 60.7 Å². The number of ether oxygens (including phenoxy) is 1. The molecule has 0 unspecified atom stereocenters. The minimum atomic E-state index is -0.335. The van der Waals surface area contributed by atoms with Gasteiger partial charge in [-0.1, -0.05) is 48.5 Å². The average molecular weight is 393 g/mol. The van der Waals surface area contributed by atoms with Gasteiger partial charge in [-0.3, -0.25) is 9.69 Å². The molecule has 1 aliphatic heterocycles. The van der Waals surface area contributed by atoms with Crippen molar-refractivity contribution in [3.63, 3.8) is 0 Å². The lowest BCUT2D eigenvalue weighted by Gasteiger charge is -2.43. The summed E-state index contributed by atoms with van der Waals surface area (Å²) in [5.41, 5.74) is 0.979. The highest BCUT2D eigenvalue weighted by atomic mass is 16.6. The van der Waals surface area contributed by atoms with Crippen LogP contribution in [0.25, 0.3) is 0 Å². The van der Waals surface area contributed by atoms with Gasteiger partial charge in [0, 0.05) is 26.2 Å². The zero-order chi connectivity index (χ0) is 20.1. The Morgan fingerprint density at radius 2 is 1.52 bits per heavy atom. The molecule has 1 aliphatic carbocycles. The molecule has 1 N–H and O–H groups in total. The first kappa shape index (κ1) is 19.5. The van der Waals surface area contributed by atoms with E-state index in [4.69, 9.17) is 4.74 Å². The molecule has 2 amide bonds. The van der Waals surface area contributed by atoms with Crippen LogP contribution in [0.1, 0.15) is 24.8 Å². The van der Waals surface area contributed by atoms with E-state index in [1.165, 1.54) is 5.56 Å². The molecule has 1 saturated heterocycles. The summed E-state index contributed by atoms with van der Waals surface area (Å²) in [4.78, 5) is 28.8. The van der Waals surface area contributed by atoms with E-state index >= 15 is 0 Å². The molecule has 2 aromatic rings. The molecule has 29 heavy (non-hydrogen) atoms. The molecule has 152 valence electrons. The van der Waals surface area contributed by atoms with Crippen LogP contribution >= 0.6 is 0 Å². The minimum Gasteiger partial charge on any atom is -0.410 e. The van der Waals surface area contributed by atoms with Gasteiger partial charge in [0.25, 0.3) is 0 Å². The van der Waals surface area contributed by atoms with Crippen LogP contribution < -0.4 is 10.1 Å². The molecule has 2 aromatic carbocycles. The molecule has 1 saturated carbocycles. The van der Waals surface area contributed by atoms with Crippen LogP contribution in [-0.4, -0.2) is 54.5 Å². The second kappa shape index (κ2) is 8.66. The third kappa shape index (κ3) is 4.59. The maximum atomic E-state index is 12.7. The highest BCUT2D eigenvalue weighted by molar-refractivity contribution is 5.79. The maximum Gasteiger partial charge on any atom is 0.415 e. The van der Waals surface area contributed by atoms with Gasteiger partial charge in [-0.2, -0.15) is 0 Å². The van der Waals surface area contributed by atoms with E-state index in [0.29, 0.717) is 38.5 Å². The van der Waals surface area contributed by atoms with E-state index in [-0.39, 0.29) is 17.5 Å². The van der Waals surface area contributed by atoms with Gasteiger partial charge >= 0.3 is 6.09 Å². The highest BCUT2D eigenvalue weighted by Gasteiger charge is 2.40. The number of piperazine rings is 1. The fourth-order valence-electron chi connectivity index (χ4n) is 4.03. The summed E-state index contributed by atoms with van der Waals surface area (Å²) in [5, 5.41) is 3.27. The van der Waals surface area contributed by atoms with E-state index in [1.54, 1.807) is 17.0 Å². The molecular weight excluding hydrogens is 366 g/mol. The second-order valence-electron chi connectivity index (χ2n) is 7.79. The van der Waals surface area contributed by atoms with Gasteiger partial charge in [0.2, 0.25) is 5.91 Å². The standard InChI is InChI=1S/C23H27N3O3/c27-21(24-23(12-7-13-23)19-8-3-1-4-9-19)18-25-14-16-26(17-15-25)22(28)29-20-10-5-2-6-11-20/h1-6,8-11H,7,12-18H2,(H,24,27). The number of benzene rings is 2. The summed E-state index contributed by atoms with van der Waals surface area (Å²) in [6.07, 6.45) is 2.78. The molecule has 6 heteroatoms. The van der Waals surface area contributed by atoms with Crippen LogP contribution in [0.3, 0.4) is 0 Å². The van der Waals surface area contributed by atoms with Gasteiger partial charge in [-0.15, -0.1) is 0 Å². The normalized spacial score (nSPS) is 18.6. The van der Waals surface area contributed by atoms with E-state index in [0.717, 1.165) is 19.3 Å². The van der Waals surface area contributed by atoms with Crippen molar-refractivity contribution in [3.05, 3.63) is 66.2 Å². The zero-order valence-electron chi connectivity index (χ0n) is 16.5. The number of hydrogen-bond donors (Lipinski definition) is 1. The Morgan fingerprint density at radius 1 is 0.897 bits per heavy atom. The second-order valence-corrected chi connectivity index (χ2v) is 7.79. The van der Waals surface area contributed by atoms with Crippen molar-refractivity contribution in [1.82, 2.24) is 15.1 Å². The van der Waals surface area contributed by atoms with Crippen molar-refractivity contribution in [2.45, 2.75) is 24.8 Å². The smallest absolute Gasteiger partial charge is 0.410 e. The Morgan fingerprint density at radius 3 is 2.10 bits per heavy atom. The first-order chi connectivity index (χ1) is 14.1. The molecule has 0 radical (unpaired) electrons. The lowest BCUT2D eigenvalue weighted by molar-refractivity contribution is -0.125. The molecule has 2 fully saturated rings. The fraction of sp³-hybridized carbons (Fsp3) is 0.391. The van der Waals surface area contributed by atoms with Gasteiger partial charge in [-0.05, 0) is 37.0 Å². The van der Waals surface area contributed by atoms with E-state index in [2.05, 4.69) is 22.3 Å². The van der Waals surface area contributed by atoms with Crippen LogP contribution in [0.4, 0.5) is 4.79 Å². The molecule has 4 rings (SSSR count). The highest BCUT2D eigenvalue weighted by Crippen LogP contribution is 2.41. The number of hydrogen-bond acceptors (Lipinski definition) is 4. The first-order valence-electron chi connectivity index (χ1n) is 10.3. The van der Waals surface area contributed by atoms with Crippen molar-refractivity contribution in [3.8, 4) is 5.75 Å². The summed E-state index contributed by atoms with van der Waals surface area (Å²) < 4.78 is 5.40. The fourth-order valence-corrected chi connectivity index (χ4v) is 4.03. The third-order valence-corrected chi connectivity index (χ3v) is 5.86. The number of para-hydroxylation sites is 1. The lowest BCUT2D eigenvalue weighted by atomic mass is 9.72. The first-order valence-corrected chi connectivity index (χ1v) is 10.3. The molecule has 0 spiro atoms. The molecule has 2 aliphatic rings. The molecule has 6 nitrogen and oxygen atoms in total. The predicted molar refractivity (Wildman–Crippen MR) is 111 cm³/mol. The van der Waals surface area contributed by atoms with Crippen molar-refractivity contribution in [2.75, 3.05) is 32.7 Å². The Balaban J connectivity index is 1.25. The number of rotatable bonds is 5. The number of nitrogens with one attached hydrogen (secondary N) is 1. The van der Waals surface area contributed by atoms with Gasteiger partial charge < -0.3 is 15.0 Å². The Hall–Kier alpha value is -2.86. The predicted octanol–water partition coefficient (Wildman–Crippen LogP) is 3.00. The Labute approximate surface area is 171 Å². The van der Waals surface area contributed by atoms with E-state index in [9.17, 15) is 9.59 Å². The topological polar surface area (TPSA) is 61.9 Å². The van der Waals surface area contributed by atoms with Gasteiger partial charge in [0.15, 0.2) is 0 Å². The van der Waals surface area contributed by atoms with Crippen molar-refractivity contribution in [2.24, 2.45) is 0 Å². The summed E-state index contributed by atoms with van der Waals surface area (Å²) in [5.74, 6) is 0.597. The molecule has 1 heterocycles. The lowest BCUT2D eigenvalue weighted by Crippen LogP contribution is -2.56. The Kier molecular flexibility index (Phi) is 5.81.